The van der Waals surface area contributed by atoms with Gasteiger partial charge >= 0.3 is 6.18 Å². The Kier molecular flexibility index (Phi) is 10.5. The van der Waals surface area contributed by atoms with E-state index < -0.39 is 29.8 Å². The van der Waals surface area contributed by atoms with E-state index in [1.54, 1.807) is 41.3 Å². The van der Waals surface area contributed by atoms with E-state index in [0.717, 1.165) is 36.1 Å². The number of nitrogens with one attached hydrogen (secondary N) is 2. The van der Waals surface area contributed by atoms with Crippen LogP contribution in [-0.4, -0.2) is 47.1 Å². The van der Waals surface area contributed by atoms with Crippen molar-refractivity contribution < 1.29 is 32.3 Å². The number of halogens is 4. The Labute approximate surface area is 265 Å². The molecule has 4 aromatic rings. The van der Waals surface area contributed by atoms with E-state index in [4.69, 9.17) is 0 Å². The third kappa shape index (κ3) is 8.38. The second-order valence-corrected chi connectivity index (χ2v) is 11.5. The lowest BCUT2D eigenvalue weighted by Gasteiger charge is -2.26. The number of rotatable bonds is 11. The topological polar surface area (TPSA) is 81.7 Å². The maximum absolute atomic E-state index is 13.6. The highest BCUT2D eigenvalue weighted by molar-refractivity contribution is 6.00. The van der Waals surface area contributed by atoms with Gasteiger partial charge in [-0.25, -0.2) is 4.39 Å². The molecule has 4 aromatic carbocycles. The van der Waals surface area contributed by atoms with E-state index in [1.165, 1.54) is 24.3 Å². The Morgan fingerprint density at radius 2 is 1.57 bits per heavy atom. The summed E-state index contributed by atoms with van der Waals surface area (Å²) in [7, 11) is 0. The molecule has 1 saturated heterocycles. The third-order valence-corrected chi connectivity index (χ3v) is 8.16. The smallest absolute Gasteiger partial charge is 0.390 e. The fourth-order valence-electron chi connectivity index (χ4n) is 5.77. The van der Waals surface area contributed by atoms with Crippen molar-refractivity contribution in [1.29, 1.82) is 0 Å². The molecular weight excluding hydrogens is 598 g/mol. The minimum absolute atomic E-state index is 0.00624. The highest BCUT2D eigenvalue weighted by Gasteiger charge is 2.32. The number of amides is 2. The molecule has 5 rings (SSSR count). The zero-order chi connectivity index (χ0) is 32.7. The average Bonchev–Trinajstić information content (AvgIpc) is 3.55. The number of alkyl halides is 3. The Hall–Kier alpha value is -4.54. The van der Waals surface area contributed by atoms with Gasteiger partial charge in [0.25, 0.3) is 11.8 Å². The van der Waals surface area contributed by atoms with Gasteiger partial charge < -0.3 is 20.6 Å². The van der Waals surface area contributed by atoms with Gasteiger partial charge in [-0.2, -0.15) is 13.2 Å². The van der Waals surface area contributed by atoms with E-state index in [9.17, 15) is 32.3 Å². The van der Waals surface area contributed by atoms with Crippen molar-refractivity contribution in [1.82, 2.24) is 15.5 Å². The first-order chi connectivity index (χ1) is 22.1. The maximum atomic E-state index is 13.6. The molecule has 240 valence electrons. The number of benzene rings is 4. The van der Waals surface area contributed by atoms with Crippen molar-refractivity contribution in [2.24, 2.45) is 0 Å². The molecule has 1 heterocycles. The largest absolute Gasteiger partial charge is 0.416 e. The van der Waals surface area contributed by atoms with Crippen molar-refractivity contribution in [2.45, 2.75) is 50.2 Å². The Bertz CT molecular complexity index is 1630. The normalized spacial score (nSPS) is 16.2. The van der Waals surface area contributed by atoms with Crippen LogP contribution in [-0.2, 0) is 19.1 Å². The van der Waals surface area contributed by atoms with Crippen LogP contribution in [0.4, 0.5) is 17.6 Å². The molecule has 0 spiro atoms. The lowest BCUT2D eigenvalue weighted by Crippen LogP contribution is -2.48. The van der Waals surface area contributed by atoms with Gasteiger partial charge in [-0.3, -0.25) is 9.59 Å². The van der Waals surface area contributed by atoms with E-state index in [2.05, 4.69) is 10.6 Å². The summed E-state index contributed by atoms with van der Waals surface area (Å²) in [5.41, 5.74) is 1.95. The van der Waals surface area contributed by atoms with Crippen LogP contribution in [0.15, 0.2) is 103 Å². The van der Waals surface area contributed by atoms with Gasteiger partial charge in [-0.1, -0.05) is 66.7 Å². The number of aliphatic hydroxyl groups is 1. The summed E-state index contributed by atoms with van der Waals surface area (Å²) in [6.45, 7) is 0.634. The number of carbonyl (C=O) groups is 2. The van der Waals surface area contributed by atoms with Gasteiger partial charge in [0.1, 0.15) is 5.82 Å². The predicted molar refractivity (Wildman–Crippen MR) is 166 cm³/mol. The maximum Gasteiger partial charge on any atom is 0.416 e. The van der Waals surface area contributed by atoms with Gasteiger partial charge in [0, 0.05) is 30.8 Å². The number of carbonyl (C=O) groups excluding carboxylic acids is 2. The minimum Gasteiger partial charge on any atom is -0.390 e. The van der Waals surface area contributed by atoms with Gasteiger partial charge in [-0.05, 0) is 72.4 Å². The number of hydrogen-bond donors (Lipinski definition) is 3. The van der Waals surface area contributed by atoms with Crippen LogP contribution < -0.4 is 10.6 Å². The number of hydrogen-bond acceptors (Lipinski definition) is 4. The molecule has 0 saturated carbocycles. The molecule has 0 aliphatic carbocycles. The van der Waals surface area contributed by atoms with Crippen LogP contribution in [0.3, 0.4) is 0 Å². The highest BCUT2D eigenvalue weighted by atomic mass is 19.4. The third-order valence-electron chi connectivity index (χ3n) is 8.16. The van der Waals surface area contributed by atoms with Crippen molar-refractivity contribution in [3.63, 3.8) is 0 Å². The van der Waals surface area contributed by atoms with E-state index in [0.29, 0.717) is 24.1 Å². The minimum atomic E-state index is -4.46. The molecule has 0 radical (unpaired) electrons. The number of nitrogens with zero attached hydrogens (tertiary/aromatic N) is 1. The summed E-state index contributed by atoms with van der Waals surface area (Å²) < 4.78 is 52.8. The molecule has 6 nitrogen and oxygen atoms in total. The Balaban J connectivity index is 1.27. The fraction of sp³-hybridized carbons (Fsp3) is 0.278. The zero-order valence-electron chi connectivity index (χ0n) is 25.0. The summed E-state index contributed by atoms with van der Waals surface area (Å²) in [4.78, 5) is 28.8. The lowest BCUT2D eigenvalue weighted by molar-refractivity contribution is -0.137. The summed E-state index contributed by atoms with van der Waals surface area (Å²) >= 11 is 0. The average molecular weight is 634 g/mol. The Morgan fingerprint density at radius 3 is 2.30 bits per heavy atom. The van der Waals surface area contributed by atoms with Crippen LogP contribution in [0.1, 0.15) is 61.9 Å². The predicted octanol–water partition coefficient (Wildman–Crippen LogP) is 6.31. The second kappa shape index (κ2) is 14.7. The van der Waals surface area contributed by atoms with Gasteiger partial charge in [0.05, 0.1) is 23.8 Å². The molecule has 3 N–H and O–H groups in total. The number of likely N-dealkylation sites (tertiary alicyclic amines) is 1. The molecule has 1 aliphatic heterocycles. The quantitative estimate of drug-likeness (QED) is 0.169. The van der Waals surface area contributed by atoms with E-state index in [-0.39, 0.29) is 36.4 Å². The first-order valence-corrected chi connectivity index (χ1v) is 15.1. The molecule has 1 aliphatic rings. The van der Waals surface area contributed by atoms with Gasteiger partial charge in [0.2, 0.25) is 0 Å². The first kappa shape index (κ1) is 32.8. The fourth-order valence-corrected chi connectivity index (χ4v) is 5.77. The number of aliphatic hydroxyl groups excluding tert-OH is 1. The van der Waals surface area contributed by atoms with Crippen LogP contribution in [0, 0.1) is 5.82 Å². The summed E-state index contributed by atoms with van der Waals surface area (Å²) in [6.07, 6.45) is -3.69. The standard InChI is InChI=1S/C36H35F4N3O3/c37-30-16-14-26(15-17-30)32-13-6-18-43(32)35(46)28-11-5-10-27(21-28)34(45)42-31(20-24-7-2-1-3-8-24)33(44)23-41-22-25-9-4-12-29(19-25)36(38,39)40/h1-5,7-12,14-17,19,21,31-33,41,44H,6,13,18,20,22-23H2,(H,42,45)/t31-,32-,33-/m0/s1. The van der Waals surface area contributed by atoms with Crippen LogP contribution in [0.2, 0.25) is 0 Å². The SMILES string of the molecule is O=C(N[C@@H](Cc1ccccc1)[C@@H](O)CNCc1cccc(C(F)(F)F)c1)c1cccc(C(=O)N2CCC[C@H]2c2ccc(F)cc2)c1. The van der Waals surface area contributed by atoms with Crippen molar-refractivity contribution in [3.05, 3.63) is 142 Å². The Morgan fingerprint density at radius 1 is 0.870 bits per heavy atom. The summed E-state index contributed by atoms with van der Waals surface area (Å²) in [5, 5.41) is 17.0. The second-order valence-electron chi connectivity index (χ2n) is 11.5. The van der Waals surface area contributed by atoms with E-state index >= 15 is 0 Å². The molecule has 0 unspecified atom stereocenters. The summed E-state index contributed by atoms with van der Waals surface area (Å²) in [5.74, 6) is -1.06. The van der Waals surface area contributed by atoms with Gasteiger partial charge in [0.15, 0.2) is 0 Å². The molecule has 0 bridgehead atoms. The molecule has 10 heteroatoms. The van der Waals surface area contributed by atoms with Gasteiger partial charge in [-0.15, -0.1) is 0 Å². The monoisotopic (exact) mass is 633 g/mol. The van der Waals surface area contributed by atoms with Crippen LogP contribution >= 0.6 is 0 Å². The molecule has 0 aromatic heterocycles. The molecule has 46 heavy (non-hydrogen) atoms. The molecule has 1 fully saturated rings. The molecule has 3 atom stereocenters. The van der Waals surface area contributed by atoms with Crippen molar-refractivity contribution >= 4 is 11.8 Å². The lowest BCUT2D eigenvalue weighted by atomic mass is 10.00. The van der Waals surface area contributed by atoms with Crippen molar-refractivity contribution in [2.75, 3.05) is 13.1 Å². The first-order valence-electron chi connectivity index (χ1n) is 15.1. The van der Waals surface area contributed by atoms with Crippen LogP contribution in [0.25, 0.3) is 0 Å². The van der Waals surface area contributed by atoms with Crippen LogP contribution in [0.5, 0.6) is 0 Å². The summed E-state index contributed by atoms with van der Waals surface area (Å²) in [6, 6.07) is 25.8. The highest BCUT2D eigenvalue weighted by Crippen LogP contribution is 2.33. The molecular formula is C36H35F4N3O3. The van der Waals surface area contributed by atoms with E-state index in [1.807, 2.05) is 30.3 Å². The zero-order valence-corrected chi connectivity index (χ0v) is 25.0. The molecule has 2 amide bonds. The van der Waals surface area contributed by atoms with Crippen molar-refractivity contribution in [3.8, 4) is 0 Å².